The molecule has 0 spiro atoms. The molecule has 0 radical (unpaired) electrons. The molecule has 6 heteroatoms. The highest BCUT2D eigenvalue weighted by Gasteiger charge is 2.20. The summed E-state index contributed by atoms with van der Waals surface area (Å²) in [5, 5.41) is 15.3. The highest BCUT2D eigenvalue weighted by Crippen LogP contribution is 2.36. The lowest BCUT2D eigenvalue weighted by molar-refractivity contribution is 0.0526. The molecule has 0 aliphatic carbocycles. The Labute approximate surface area is 174 Å². The van der Waals surface area contributed by atoms with Gasteiger partial charge in [0.05, 0.1) is 18.2 Å². The van der Waals surface area contributed by atoms with Gasteiger partial charge in [-0.3, -0.25) is 9.97 Å². The van der Waals surface area contributed by atoms with E-state index in [9.17, 15) is 9.90 Å². The number of benzene rings is 2. The van der Waals surface area contributed by atoms with E-state index in [0.29, 0.717) is 23.3 Å². The Morgan fingerprint density at radius 3 is 2.70 bits per heavy atom. The van der Waals surface area contributed by atoms with E-state index < -0.39 is 0 Å². The molecule has 4 rings (SSSR count). The van der Waals surface area contributed by atoms with Gasteiger partial charge in [0, 0.05) is 35.2 Å². The maximum absolute atomic E-state index is 12.1. The third-order valence-corrected chi connectivity index (χ3v) is 4.81. The lowest BCUT2D eigenvalue weighted by atomic mass is 9.96. The number of esters is 1. The highest BCUT2D eigenvalue weighted by molar-refractivity contribution is 5.90. The zero-order valence-corrected chi connectivity index (χ0v) is 16.4. The first-order valence-corrected chi connectivity index (χ1v) is 9.67. The molecule has 1 atom stereocenters. The van der Waals surface area contributed by atoms with Crippen LogP contribution in [0.15, 0.2) is 79.3 Å². The Morgan fingerprint density at radius 1 is 1.07 bits per heavy atom. The summed E-state index contributed by atoms with van der Waals surface area (Å²) in [6.07, 6.45) is 5.06. The lowest BCUT2D eigenvalue weighted by Gasteiger charge is -2.22. The van der Waals surface area contributed by atoms with Crippen molar-refractivity contribution in [3.63, 3.8) is 0 Å². The average molecular weight is 399 g/mol. The second-order valence-corrected chi connectivity index (χ2v) is 6.74. The second-order valence-electron chi connectivity index (χ2n) is 6.74. The van der Waals surface area contributed by atoms with Gasteiger partial charge in [-0.1, -0.05) is 24.3 Å². The summed E-state index contributed by atoms with van der Waals surface area (Å²) in [6.45, 7) is 2.09. The van der Waals surface area contributed by atoms with Gasteiger partial charge in [0.1, 0.15) is 11.3 Å². The monoisotopic (exact) mass is 399 g/mol. The average Bonchev–Trinajstić information content (AvgIpc) is 2.79. The summed E-state index contributed by atoms with van der Waals surface area (Å²) in [5.74, 6) is -0.261. The van der Waals surface area contributed by atoms with Crippen molar-refractivity contribution in [2.24, 2.45) is 0 Å². The maximum atomic E-state index is 12.1. The minimum atomic E-state index is -0.378. The standard InChI is InChI=1S/C24H21N3O3/c1-2-30-24(29)18-5-3-7-19(15-18)27-21(17-10-13-25-14-11-17)20-9-8-16-6-4-12-26-22(16)23(20)28/h3-15,21,27-28H,2H2,1H3. The summed E-state index contributed by atoms with van der Waals surface area (Å²) in [5.41, 5.74) is 3.31. The van der Waals surface area contributed by atoms with E-state index in [1.165, 1.54) is 0 Å². The molecule has 30 heavy (non-hydrogen) atoms. The fourth-order valence-corrected chi connectivity index (χ4v) is 3.39. The number of hydrogen-bond acceptors (Lipinski definition) is 6. The van der Waals surface area contributed by atoms with Gasteiger partial charge in [0.25, 0.3) is 0 Å². The number of hydrogen-bond donors (Lipinski definition) is 2. The lowest BCUT2D eigenvalue weighted by Crippen LogP contribution is -2.14. The summed E-state index contributed by atoms with van der Waals surface area (Å²) in [4.78, 5) is 20.5. The van der Waals surface area contributed by atoms with Crippen molar-refractivity contribution in [1.82, 2.24) is 9.97 Å². The van der Waals surface area contributed by atoms with Crippen molar-refractivity contribution >= 4 is 22.6 Å². The Hall–Kier alpha value is -3.93. The predicted molar refractivity (Wildman–Crippen MR) is 116 cm³/mol. The molecule has 0 saturated carbocycles. The number of nitrogens with one attached hydrogen (secondary N) is 1. The predicted octanol–water partition coefficient (Wildman–Crippen LogP) is 4.71. The number of aromatic nitrogens is 2. The van der Waals surface area contributed by atoms with Gasteiger partial charge < -0.3 is 15.2 Å². The summed E-state index contributed by atoms with van der Waals surface area (Å²) >= 11 is 0. The smallest absolute Gasteiger partial charge is 0.338 e. The van der Waals surface area contributed by atoms with Crippen LogP contribution in [0.4, 0.5) is 5.69 Å². The maximum Gasteiger partial charge on any atom is 0.338 e. The van der Waals surface area contributed by atoms with E-state index >= 15 is 0 Å². The van der Waals surface area contributed by atoms with Crippen LogP contribution >= 0.6 is 0 Å². The summed E-state index contributed by atoms with van der Waals surface area (Å²) in [7, 11) is 0. The zero-order chi connectivity index (χ0) is 20.9. The second kappa shape index (κ2) is 8.61. The number of carbonyl (C=O) groups excluding carboxylic acids is 1. The minimum Gasteiger partial charge on any atom is -0.505 e. The number of fused-ring (bicyclic) bond motifs is 1. The fourth-order valence-electron chi connectivity index (χ4n) is 3.39. The van der Waals surface area contributed by atoms with Crippen LogP contribution < -0.4 is 5.32 Å². The number of rotatable bonds is 6. The van der Waals surface area contributed by atoms with Crippen LogP contribution in [0.25, 0.3) is 10.9 Å². The van der Waals surface area contributed by atoms with Crippen LogP contribution in [0.3, 0.4) is 0 Å². The molecule has 0 aliphatic heterocycles. The first-order chi connectivity index (χ1) is 14.7. The Kier molecular flexibility index (Phi) is 5.57. The molecular formula is C24H21N3O3. The van der Waals surface area contributed by atoms with Crippen LogP contribution in [0.2, 0.25) is 0 Å². The molecule has 0 bridgehead atoms. The number of anilines is 1. The Bertz CT molecular complexity index is 1180. The minimum absolute atomic E-state index is 0.115. The third kappa shape index (κ3) is 3.93. The topological polar surface area (TPSA) is 84.3 Å². The first kappa shape index (κ1) is 19.4. The van der Waals surface area contributed by atoms with Gasteiger partial charge in [0.15, 0.2) is 0 Å². The number of nitrogens with zero attached hydrogens (tertiary/aromatic N) is 2. The van der Waals surface area contributed by atoms with E-state index in [2.05, 4.69) is 15.3 Å². The number of ether oxygens (including phenoxy) is 1. The van der Waals surface area contributed by atoms with E-state index in [-0.39, 0.29) is 17.8 Å². The Balaban J connectivity index is 1.77. The van der Waals surface area contributed by atoms with Crippen LogP contribution in [0, 0.1) is 0 Å². The summed E-state index contributed by atoms with van der Waals surface area (Å²) < 4.78 is 5.10. The van der Waals surface area contributed by atoms with Crippen molar-refractivity contribution in [1.29, 1.82) is 0 Å². The number of aromatic hydroxyl groups is 1. The van der Waals surface area contributed by atoms with Crippen molar-refractivity contribution < 1.29 is 14.6 Å². The SMILES string of the molecule is CCOC(=O)c1cccc(NC(c2ccncc2)c2ccc3cccnc3c2O)c1. The number of phenolic OH excluding ortho intramolecular Hbond substituents is 1. The number of pyridine rings is 2. The molecule has 150 valence electrons. The molecule has 0 aliphatic rings. The molecule has 0 saturated heterocycles. The molecule has 1 unspecified atom stereocenters. The molecule has 6 nitrogen and oxygen atoms in total. The van der Waals surface area contributed by atoms with Crippen molar-refractivity contribution in [3.8, 4) is 5.75 Å². The van der Waals surface area contributed by atoms with Crippen LogP contribution in [0.1, 0.15) is 34.5 Å². The van der Waals surface area contributed by atoms with E-state index in [1.54, 1.807) is 43.7 Å². The van der Waals surface area contributed by atoms with Crippen molar-refractivity contribution in [2.45, 2.75) is 13.0 Å². The molecule has 2 aromatic carbocycles. The molecule has 2 aromatic heterocycles. The zero-order valence-electron chi connectivity index (χ0n) is 16.4. The number of carbonyl (C=O) groups is 1. The molecule has 4 aromatic rings. The van der Waals surface area contributed by atoms with Gasteiger partial charge in [-0.15, -0.1) is 0 Å². The highest BCUT2D eigenvalue weighted by atomic mass is 16.5. The van der Waals surface area contributed by atoms with Crippen molar-refractivity contribution in [3.05, 3.63) is 95.9 Å². The molecule has 2 N–H and O–H groups in total. The fraction of sp³-hybridized carbons (Fsp3) is 0.125. The van der Waals surface area contributed by atoms with Crippen molar-refractivity contribution in [2.75, 3.05) is 11.9 Å². The third-order valence-electron chi connectivity index (χ3n) is 4.81. The van der Waals surface area contributed by atoms with Gasteiger partial charge in [-0.05, 0) is 48.9 Å². The largest absolute Gasteiger partial charge is 0.505 e. The van der Waals surface area contributed by atoms with E-state index in [4.69, 9.17) is 4.74 Å². The molecule has 2 heterocycles. The van der Waals surface area contributed by atoms with Crippen LogP contribution in [-0.4, -0.2) is 27.7 Å². The first-order valence-electron chi connectivity index (χ1n) is 9.67. The molecular weight excluding hydrogens is 378 g/mol. The van der Waals surface area contributed by atoms with E-state index in [0.717, 1.165) is 16.6 Å². The van der Waals surface area contributed by atoms with Crippen LogP contribution in [0.5, 0.6) is 5.75 Å². The molecule has 0 amide bonds. The number of phenols is 1. The van der Waals surface area contributed by atoms with E-state index in [1.807, 2.05) is 42.5 Å². The molecule has 0 fully saturated rings. The van der Waals surface area contributed by atoms with Gasteiger partial charge >= 0.3 is 5.97 Å². The summed E-state index contributed by atoms with van der Waals surface area (Å²) in [6, 6.07) is 18.1. The normalized spacial score (nSPS) is 11.8. The Morgan fingerprint density at radius 2 is 1.90 bits per heavy atom. The van der Waals surface area contributed by atoms with Gasteiger partial charge in [0.2, 0.25) is 0 Å². The van der Waals surface area contributed by atoms with Gasteiger partial charge in [-0.25, -0.2) is 4.79 Å². The quantitative estimate of drug-likeness (QED) is 0.457. The van der Waals surface area contributed by atoms with Gasteiger partial charge in [-0.2, -0.15) is 0 Å². The van der Waals surface area contributed by atoms with Crippen LogP contribution in [-0.2, 0) is 4.74 Å².